The van der Waals surface area contributed by atoms with Gasteiger partial charge in [0.15, 0.2) is 0 Å². The van der Waals surface area contributed by atoms with Crippen LogP contribution >= 0.6 is 11.6 Å². The average molecular weight is 307 g/mol. The lowest BCUT2D eigenvalue weighted by Crippen LogP contribution is -2.35. The predicted molar refractivity (Wildman–Crippen MR) is 81.6 cm³/mol. The number of nitrogens with two attached hydrogens (primary N) is 1. The normalized spacial score (nSPS) is 10.4. The lowest BCUT2D eigenvalue weighted by Gasteiger charge is -2.22. The number of carbonyl (C=O) groups excluding carboxylic acids is 1. The molecule has 0 radical (unpaired) electrons. The van der Waals surface area contributed by atoms with Crippen LogP contribution < -0.4 is 5.73 Å². The fourth-order valence-corrected chi connectivity index (χ4v) is 2.26. The van der Waals surface area contributed by atoms with E-state index < -0.39 is 5.82 Å². The molecule has 0 aliphatic heterocycles. The second kappa shape index (κ2) is 7.20. The van der Waals surface area contributed by atoms with Gasteiger partial charge in [0.25, 0.3) is 5.91 Å². The Balaban J connectivity index is 2.25. The molecule has 0 aromatic heterocycles. The van der Waals surface area contributed by atoms with Gasteiger partial charge in [0, 0.05) is 19.6 Å². The second-order valence-corrected chi connectivity index (χ2v) is 4.98. The Morgan fingerprint density at radius 1 is 1.14 bits per heavy atom. The Morgan fingerprint density at radius 3 is 2.52 bits per heavy atom. The van der Waals surface area contributed by atoms with Gasteiger partial charge in [0.2, 0.25) is 0 Å². The van der Waals surface area contributed by atoms with E-state index in [2.05, 4.69) is 0 Å². The van der Waals surface area contributed by atoms with Gasteiger partial charge >= 0.3 is 0 Å². The van der Waals surface area contributed by atoms with Crippen LogP contribution in [0.2, 0.25) is 5.02 Å². The van der Waals surface area contributed by atoms with Gasteiger partial charge in [-0.25, -0.2) is 4.39 Å². The minimum Gasteiger partial charge on any atom is -0.333 e. The third-order valence-electron chi connectivity index (χ3n) is 3.08. The topological polar surface area (TPSA) is 46.3 Å². The minimum absolute atomic E-state index is 0.154. The first-order valence-electron chi connectivity index (χ1n) is 6.60. The molecule has 0 saturated heterocycles. The zero-order valence-corrected chi connectivity index (χ0v) is 12.2. The van der Waals surface area contributed by atoms with Gasteiger partial charge in [-0.1, -0.05) is 48.0 Å². The van der Waals surface area contributed by atoms with E-state index in [-0.39, 0.29) is 16.5 Å². The molecule has 0 bridgehead atoms. The smallest absolute Gasteiger partial charge is 0.255 e. The molecule has 0 fully saturated rings. The number of benzene rings is 2. The van der Waals surface area contributed by atoms with Crippen LogP contribution in [0, 0.1) is 5.82 Å². The van der Waals surface area contributed by atoms with E-state index >= 15 is 0 Å². The molecule has 21 heavy (non-hydrogen) atoms. The highest BCUT2D eigenvalue weighted by atomic mass is 35.5. The van der Waals surface area contributed by atoms with Crippen molar-refractivity contribution in [3.05, 3.63) is 70.5 Å². The first-order chi connectivity index (χ1) is 10.1. The highest BCUT2D eigenvalue weighted by Crippen LogP contribution is 2.21. The summed E-state index contributed by atoms with van der Waals surface area (Å²) in [5.74, 6) is -0.927. The summed E-state index contributed by atoms with van der Waals surface area (Å²) in [5.41, 5.74) is 6.70. The van der Waals surface area contributed by atoms with E-state index in [0.717, 1.165) is 5.56 Å². The average Bonchev–Trinajstić information content (AvgIpc) is 2.50. The largest absolute Gasteiger partial charge is 0.333 e. The van der Waals surface area contributed by atoms with Gasteiger partial charge in [0.1, 0.15) is 5.82 Å². The molecule has 0 saturated carbocycles. The molecule has 0 atom stereocenters. The van der Waals surface area contributed by atoms with E-state index in [9.17, 15) is 9.18 Å². The SMILES string of the molecule is NCCN(Cc1ccccc1)C(=O)c1cccc(F)c1Cl. The second-order valence-electron chi connectivity index (χ2n) is 4.60. The van der Waals surface area contributed by atoms with Crippen LogP contribution in [0.1, 0.15) is 15.9 Å². The molecule has 0 aliphatic rings. The summed E-state index contributed by atoms with van der Waals surface area (Å²) >= 11 is 5.88. The highest BCUT2D eigenvalue weighted by Gasteiger charge is 2.19. The van der Waals surface area contributed by atoms with E-state index in [1.807, 2.05) is 30.3 Å². The van der Waals surface area contributed by atoms with Crippen molar-refractivity contribution in [3.8, 4) is 0 Å². The number of nitrogens with zero attached hydrogens (tertiary/aromatic N) is 1. The van der Waals surface area contributed by atoms with Crippen LogP contribution in [-0.4, -0.2) is 23.9 Å². The van der Waals surface area contributed by atoms with E-state index in [1.54, 1.807) is 4.90 Å². The lowest BCUT2D eigenvalue weighted by atomic mass is 10.1. The lowest BCUT2D eigenvalue weighted by molar-refractivity contribution is 0.0748. The van der Waals surface area contributed by atoms with E-state index in [4.69, 9.17) is 17.3 Å². The van der Waals surface area contributed by atoms with Crippen molar-refractivity contribution in [2.24, 2.45) is 5.73 Å². The van der Waals surface area contributed by atoms with Gasteiger partial charge in [-0.15, -0.1) is 0 Å². The summed E-state index contributed by atoms with van der Waals surface area (Å²) in [4.78, 5) is 14.1. The van der Waals surface area contributed by atoms with Crippen LogP contribution in [0.4, 0.5) is 4.39 Å². The number of halogens is 2. The maximum atomic E-state index is 13.5. The molecule has 1 amide bonds. The summed E-state index contributed by atoms with van der Waals surface area (Å²) < 4.78 is 13.5. The molecular weight excluding hydrogens is 291 g/mol. The van der Waals surface area contributed by atoms with Crippen molar-refractivity contribution in [2.45, 2.75) is 6.54 Å². The Bertz CT molecular complexity index is 619. The molecule has 0 unspecified atom stereocenters. The van der Waals surface area contributed by atoms with Crippen LogP contribution in [0.5, 0.6) is 0 Å². The summed E-state index contributed by atoms with van der Waals surface area (Å²) in [7, 11) is 0. The van der Waals surface area contributed by atoms with E-state index in [0.29, 0.717) is 19.6 Å². The van der Waals surface area contributed by atoms with Gasteiger partial charge in [-0.05, 0) is 17.7 Å². The van der Waals surface area contributed by atoms with E-state index in [1.165, 1.54) is 18.2 Å². The van der Waals surface area contributed by atoms with Crippen molar-refractivity contribution < 1.29 is 9.18 Å². The maximum Gasteiger partial charge on any atom is 0.255 e. The molecule has 110 valence electrons. The molecule has 2 N–H and O–H groups in total. The fraction of sp³-hybridized carbons (Fsp3) is 0.188. The molecule has 0 heterocycles. The van der Waals surface area contributed by atoms with Crippen molar-refractivity contribution in [3.63, 3.8) is 0 Å². The van der Waals surface area contributed by atoms with Crippen molar-refractivity contribution in [1.29, 1.82) is 0 Å². The zero-order valence-electron chi connectivity index (χ0n) is 11.4. The maximum absolute atomic E-state index is 13.5. The summed E-state index contributed by atoms with van der Waals surface area (Å²) in [6, 6.07) is 13.8. The Kier molecular flexibility index (Phi) is 5.31. The fourth-order valence-electron chi connectivity index (χ4n) is 2.05. The monoisotopic (exact) mass is 306 g/mol. The molecule has 3 nitrogen and oxygen atoms in total. The van der Waals surface area contributed by atoms with Crippen molar-refractivity contribution in [2.75, 3.05) is 13.1 Å². The number of carbonyl (C=O) groups is 1. The molecule has 0 aliphatic carbocycles. The minimum atomic E-state index is -0.602. The Morgan fingerprint density at radius 2 is 1.86 bits per heavy atom. The number of hydrogen-bond acceptors (Lipinski definition) is 2. The third kappa shape index (κ3) is 3.80. The summed E-state index contributed by atoms with van der Waals surface area (Å²) in [5, 5.41) is -0.155. The quantitative estimate of drug-likeness (QED) is 0.922. The Hall–Kier alpha value is -1.91. The standard InChI is InChI=1S/C16H16ClFN2O/c17-15-13(7-4-8-14(15)18)16(21)20(10-9-19)11-12-5-2-1-3-6-12/h1-8H,9-11,19H2. The molecule has 2 aromatic rings. The van der Waals surface area contributed by atoms with Gasteiger partial charge in [0.05, 0.1) is 10.6 Å². The van der Waals surface area contributed by atoms with Crippen LogP contribution in [0.3, 0.4) is 0 Å². The van der Waals surface area contributed by atoms with Crippen molar-refractivity contribution in [1.82, 2.24) is 4.90 Å². The van der Waals surface area contributed by atoms with Crippen LogP contribution in [0.25, 0.3) is 0 Å². The van der Waals surface area contributed by atoms with Crippen LogP contribution in [0.15, 0.2) is 48.5 Å². The summed E-state index contributed by atoms with van der Waals surface area (Å²) in [6.45, 7) is 1.11. The first kappa shape index (κ1) is 15.5. The highest BCUT2D eigenvalue weighted by molar-refractivity contribution is 6.34. The van der Waals surface area contributed by atoms with Gasteiger partial charge in [-0.3, -0.25) is 4.79 Å². The zero-order chi connectivity index (χ0) is 15.2. The number of rotatable bonds is 5. The van der Waals surface area contributed by atoms with Gasteiger partial charge < -0.3 is 10.6 Å². The predicted octanol–water partition coefficient (Wildman–Crippen LogP) is 3.08. The molecule has 5 heteroatoms. The number of amides is 1. The Labute approximate surface area is 128 Å². The molecular formula is C16H16ClFN2O. The third-order valence-corrected chi connectivity index (χ3v) is 3.47. The molecule has 2 aromatic carbocycles. The van der Waals surface area contributed by atoms with Crippen LogP contribution in [-0.2, 0) is 6.54 Å². The number of hydrogen-bond donors (Lipinski definition) is 1. The molecule has 0 spiro atoms. The van der Waals surface area contributed by atoms with Gasteiger partial charge in [-0.2, -0.15) is 0 Å². The first-order valence-corrected chi connectivity index (χ1v) is 6.98. The van der Waals surface area contributed by atoms with Crippen molar-refractivity contribution >= 4 is 17.5 Å². The summed E-state index contributed by atoms with van der Waals surface area (Å²) in [6.07, 6.45) is 0. The molecule has 2 rings (SSSR count).